The van der Waals surface area contributed by atoms with Crippen molar-refractivity contribution in [3.8, 4) is 0 Å². The van der Waals surface area contributed by atoms with Gasteiger partial charge < -0.3 is 15.0 Å². The fourth-order valence-electron chi connectivity index (χ4n) is 2.25. The van der Waals surface area contributed by atoms with E-state index in [-0.39, 0.29) is 5.97 Å². The molecule has 1 saturated heterocycles. The lowest BCUT2D eigenvalue weighted by Crippen LogP contribution is -2.59. The Morgan fingerprint density at radius 2 is 1.78 bits per heavy atom. The number of ether oxygens (including phenoxy) is 1. The van der Waals surface area contributed by atoms with Crippen molar-refractivity contribution in [1.29, 1.82) is 0 Å². The molecule has 0 spiro atoms. The van der Waals surface area contributed by atoms with Gasteiger partial charge in [0.05, 0.1) is 6.61 Å². The van der Waals surface area contributed by atoms with E-state index < -0.39 is 5.54 Å². The molecule has 0 amide bonds. The predicted molar refractivity (Wildman–Crippen MR) is 72.7 cm³/mol. The number of rotatable bonds is 6. The van der Waals surface area contributed by atoms with E-state index in [1.165, 1.54) is 0 Å². The monoisotopic (exact) mass is 257 g/mol. The van der Waals surface area contributed by atoms with Gasteiger partial charge in [-0.15, -0.1) is 0 Å². The normalized spacial score (nSPS) is 21.6. The van der Waals surface area contributed by atoms with Crippen LogP contribution in [-0.2, 0) is 9.53 Å². The average molecular weight is 257 g/mol. The van der Waals surface area contributed by atoms with Crippen molar-refractivity contribution in [3.05, 3.63) is 0 Å². The van der Waals surface area contributed by atoms with Crippen LogP contribution < -0.4 is 5.32 Å². The molecule has 1 aliphatic heterocycles. The summed E-state index contributed by atoms with van der Waals surface area (Å²) in [5, 5.41) is 3.11. The van der Waals surface area contributed by atoms with Crippen LogP contribution in [0.15, 0.2) is 0 Å². The third kappa shape index (κ3) is 3.93. The molecule has 1 unspecified atom stereocenters. The number of esters is 1. The minimum absolute atomic E-state index is 0.162. The van der Waals surface area contributed by atoms with Gasteiger partial charge in [0.25, 0.3) is 0 Å². The molecular formula is C13H27N3O2. The highest BCUT2D eigenvalue weighted by molar-refractivity contribution is 5.80. The van der Waals surface area contributed by atoms with Crippen LogP contribution in [0.5, 0.6) is 0 Å². The Labute approximate surface area is 110 Å². The van der Waals surface area contributed by atoms with E-state index in [0.29, 0.717) is 13.2 Å². The fraction of sp³-hybridized carbons (Fsp3) is 0.923. The molecule has 0 saturated carbocycles. The van der Waals surface area contributed by atoms with E-state index in [0.717, 1.165) is 32.7 Å². The van der Waals surface area contributed by atoms with Gasteiger partial charge >= 0.3 is 5.97 Å². The summed E-state index contributed by atoms with van der Waals surface area (Å²) in [4.78, 5) is 16.7. The molecule has 0 aliphatic carbocycles. The van der Waals surface area contributed by atoms with E-state index in [1.54, 1.807) is 0 Å². The molecule has 1 N–H and O–H groups in total. The number of nitrogens with one attached hydrogen (secondary N) is 1. The van der Waals surface area contributed by atoms with E-state index in [1.807, 2.05) is 20.9 Å². The lowest BCUT2D eigenvalue weighted by molar-refractivity contribution is -0.151. The Hall–Kier alpha value is -0.650. The van der Waals surface area contributed by atoms with Crippen molar-refractivity contribution < 1.29 is 9.53 Å². The van der Waals surface area contributed by atoms with Gasteiger partial charge in [-0.1, -0.05) is 6.92 Å². The first kappa shape index (κ1) is 15.4. The first-order valence-corrected chi connectivity index (χ1v) is 6.86. The maximum atomic E-state index is 12.0. The second-order valence-corrected chi connectivity index (χ2v) is 5.01. The zero-order chi connectivity index (χ0) is 13.6. The van der Waals surface area contributed by atoms with Crippen LogP contribution in [0.1, 0.15) is 20.8 Å². The maximum Gasteiger partial charge on any atom is 0.327 e. The summed E-state index contributed by atoms with van der Waals surface area (Å²) in [5.41, 5.74) is -0.607. The molecule has 5 nitrogen and oxygen atoms in total. The summed E-state index contributed by atoms with van der Waals surface area (Å²) >= 11 is 0. The van der Waals surface area contributed by atoms with Gasteiger partial charge in [-0.05, 0) is 27.4 Å². The van der Waals surface area contributed by atoms with Crippen molar-refractivity contribution in [2.45, 2.75) is 26.3 Å². The summed E-state index contributed by atoms with van der Waals surface area (Å²) in [5.74, 6) is -0.162. The molecule has 0 bridgehead atoms. The Morgan fingerprint density at radius 3 is 2.22 bits per heavy atom. The van der Waals surface area contributed by atoms with Crippen molar-refractivity contribution in [2.24, 2.45) is 0 Å². The van der Waals surface area contributed by atoms with Gasteiger partial charge in [0, 0.05) is 32.7 Å². The standard InChI is InChI=1S/C13H27N3O2/c1-5-15-7-9-16(10-8-15)11-13(3,14-4)12(17)18-6-2/h14H,5-11H2,1-4H3. The summed E-state index contributed by atoms with van der Waals surface area (Å²) < 4.78 is 5.14. The molecule has 0 aromatic heterocycles. The fourth-order valence-corrected chi connectivity index (χ4v) is 2.25. The molecule has 1 rings (SSSR count). The van der Waals surface area contributed by atoms with E-state index in [2.05, 4.69) is 22.0 Å². The molecule has 106 valence electrons. The quantitative estimate of drug-likeness (QED) is 0.687. The number of hydrogen-bond donors (Lipinski definition) is 1. The van der Waals surface area contributed by atoms with Crippen LogP contribution >= 0.6 is 0 Å². The van der Waals surface area contributed by atoms with Crippen molar-refractivity contribution in [2.75, 3.05) is 52.9 Å². The SMILES string of the molecule is CCOC(=O)C(C)(CN1CCN(CC)CC1)NC. The van der Waals surface area contributed by atoms with Gasteiger partial charge in [0.15, 0.2) is 0 Å². The average Bonchev–Trinajstić information content (AvgIpc) is 2.39. The van der Waals surface area contributed by atoms with Gasteiger partial charge in [-0.25, -0.2) is 0 Å². The molecule has 1 aliphatic rings. The third-order valence-electron chi connectivity index (χ3n) is 3.73. The van der Waals surface area contributed by atoms with Gasteiger partial charge in [0.1, 0.15) is 5.54 Å². The number of carbonyl (C=O) groups is 1. The molecule has 1 fully saturated rings. The zero-order valence-corrected chi connectivity index (χ0v) is 12.2. The van der Waals surface area contributed by atoms with E-state index >= 15 is 0 Å². The maximum absolute atomic E-state index is 12.0. The number of likely N-dealkylation sites (N-methyl/N-ethyl adjacent to an activating group) is 2. The van der Waals surface area contributed by atoms with Crippen LogP contribution in [-0.4, -0.2) is 74.2 Å². The first-order chi connectivity index (χ1) is 8.55. The lowest BCUT2D eigenvalue weighted by atomic mass is 10.0. The molecule has 0 aromatic carbocycles. The predicted octanol–water partition coefficient (Wildman–Crippen LogP) is 0.165. The minimum atomic E-state index is -0.607. The largest absolute Gasteiger partial charge is 0.465 e. The summed E-state index contributed by atoms with van der Waals surface area (Å²) in [6, 6.07) is 0. The summed E-state index contributed by atoms with van der Waals surface area (Å²) in [7, 11) is 1.82. The van der Waals surface area contributed by atoms with Crippen molar-refractivity contribution in [3.63, 3.8) is 0 Å². The highest BCUT2D eigenvalue weighted by Crippen LogP contribution is 2.11. The topological polar surface area (TPSA) is 44.8 Å². The minimum Gasteiger partial charge on any atom is -0.465 e. The second-order valence-electron chi connectivity index (χ2n) is 5.01. The Balaban J connectivity index is 2.50. The van der Waals surface area contributed by atoms with Crippen LogP contribution in [0.2, 0.25) is 0 Å². The van der Waals surface area contributed by atoms with E-state index in [4.69, 9.17) is 4.74 Å². The molecule has 0 radical (unpaired) electrons. The molecule has 5 heteroatoms. The van der Waals surface area contributed by atoms with Crippen LogP contribution in [0.3, 0.4) is 0 Å². The Bertz CT molecular complexity index is 265. The molecular weight excluding hydrogens is 230 g/mol. The number of hydrogen-bond acceptors (Lipinski definition) is 5. The highest BCUT2D eigenvalue weighted by Gasteiger charge is 2.35. The third-order valence-corrected chi connectivity index (χ3v) is 3.73. The lowest BCUT2D eigenvalue weighted by Gasteiger charge is -2.38. The number of piperazine rings is 1. The van der Waals surface area contributed by atoms with Crippen molar-refractivity contribution >= 4 is 5.97 Å². The second kappa shape index (κ2) is 7.07. The zero-order valence-electron chi connectivity index (χ0n) is 12.2. The van der Waals surface area contributed by atoms with Crippen molar-refractivity contribution in [1.82, 2.24) is 15.1 Å². The Morgan fingerprint density at radius 1 is 1.22 bits per heavy atom. The number of nitrogens with zero attached hydrogens (tertiary/aromatic N) is 2. The van der Waals surface area contributed by atoms with Gasteiger partial charge in [-0.2, -0.15) is 0 Å². The molecule has 1 atom stereocenters. The Kier molecular flexibility index (Phi) is 6.05. The summed E-state index contributed by atoms with van der Waals surface area (Å²) in [6.07, 6.45) is 0. The first-order valence-electron chi connectivity index (χ1n) is 6.86. The van der Waals surface area contributed by atoms with Crippen LogP contribution in [0, 0.1) is 0 Å². The van der Waals surface area contributed by atoms with Crippen LogP contribution in [0.4, 0.5) is 0 Å². The van der Waals surface area contributed by atoms with Gasteiger partial charge in [-0.3, -0.25) is 9.69 Å². The van der Waals surface area contributed by atoms with Crippen LogP contribution in [0.25, 0.3) is 0 Å². The summed E-state index contributed by atoms with van der Waals surface area (Å²) in [6.45, 7) is 12.4. The highest BCUT2D eigenvalue weighted by atomic mass is 16.5. The molecule has 18 heavy (non-hydrogen) atoms. The van der Waals surface area contributed by atoms with E-state index in [9.17, 15) is 4.79 Å². The molecule has 0 aromatic rings. The molecule has 1 heterocycles. The smallest absolute Gasteiger partial charge is 0.327 e. The van der Waals surface area contributed by atoms with Gasteiger partial charge in [0.2, 0.25) is 0 Å². The number of carbonyl (C=O) groups excluding carboxylic acids is 1.